The Morgan fingerprint density at radius 3 is 2.81 bits per heavy atom. The van der Waals surface area contributed by atoms with Crippen molar-refractivity contribution < 1.29 is 0 Å². The summed E-state index contributed by atoms with van der Waals surface area (Å²) in [4.78, 5) is 11.6. The van der Waals surface area contributed by atoms with Gasteiger partial charge in [-0.2, -0.15) is 10.1 Å². The van der Waals surface area contributed by atoms with Gasteiger partial charge in [0.15, 0.2) is 5.82 Å². The Morgan fingerprint density at radius 1 is 1.19 bits per heavy atom. The van der Waals surface area contributed by atoms with Crippen LogP contribution in [-0.4, -0.2) is 45.3 Å². The zero-order valence-corrected chi connectivity index (χ0v) is 15.2. The smallest absolute Gasteiger partial charge is 0.227 e. The Morgan fingerprint density at radius 2 is 2.00 bits per heavy atom. The molecule has 134 valence electrons. The molecule has 2 aliphatic heterocycles. The molecule has 2 saturated heterocycles. The second-order valence-corrected chi connectivity index (χ2v) is 7.42. The molecule has 2 unspecified atom stereocenters. The van der Waals surface area contributed by atoms with E-state index in [1.165, 1.54) is 12.8 Å². The average Bonchev–Trinajstić information content (AvgIpc) is 3.22. The minimum atomic E-state index is 0.465. The molecule has 2 atom stereocenters. The zero-order valence-electron chi connectivity index (χ0n) is 14.5. The molecule has 3 aromatic rings. The molecule has 26 heavy (non-hydrogen) atoms. The molecule has 3 N–H and O–H groups in total. The highest BCUT2D eigenvalue weighted by Crippen LogP contribution is 2.33. The van der Waals surface area contributed by atoms with Gasteiger partial charge in [0.05, 0.1) is 17.9 Å². The summed E-state index contributed by atoms with van der Waals surface area (Å²) >= 11 is 6.39. The van der Waals surface area contributed by atoms with Crippen LogP contribution in [-0.2, 0) is 0 Å². The maximum atomic E-state index is 6.39. The minimum absolute atomic E-state index is 0.465. The average molecular weight is 370 g/mol. The highest BCUT2D eigenvalue weighted by molar-refractivity contribution is 6.33. The lowest BCUT2D eigenvalue weighted by Gasteiger charge is -2.35. The second kappa shape index (κ2) is 6.10. The number of nitrogens with one attached hydrogen (secondary N) is 3. The number of benzene rings is 1. The van der Waals surface area contributed by atoms with E-state index in [2.05, 4.69) is 37.6 Å². The predicted molar refractivity (Wildman–Crippen MR) is 103 cm³/mol. The number of aromatic nitrogens is 4. The lowest BCUT2D eigenvalue weighted by molar-refractivity contribution is 0.477. The molecule has 4 heterocycles. The van der Waals surface area contributed by atoms with E-state index in [9.17, 15) is 0 Å². The van der Waals surface area contributed by atoms with Gasteiger partial charge in [0.2, 0.25) is 5.95 Å². The molecule has 2 aromatic heterocycles. The van der Waals surface area contributed by atoms with Crippen LogP contribution < -0.4 is 15.5 Å². The number of aromatic amines is 1. The van der Waals surface area contributed by atoms with Crippen molar-refractivity contribution in [1.29, 1.82) is 0 Å². The van der Waals surface area contributed by atoms with Gasteiger partial charge in [-0.25, -0.2) is 4.98 Å². The quantitative estimate of drug-likeness (QED) is 0.658. The third-order valence-electron chi connectivity index (χ3n) is 5.49. The maximum absolute atomic E-state index is 6.39. The SMILES string of the molecule is Cc1c(Nc2nc(N3C4CCC3CNC4)ncc2Cl)ccc2[nH]ncc12. The number of halogens is 1. The highest BCUT2D eigenvalue weighted by atomic mass is 35.5. The third-order valence-corrected chi connectivity index (χ3v) is 5.77. The fourth-order valence-corrected chi connectivity index (χ4v) is 4.23. The van der Waals surface area contributed by atoms with Crippen LogP contribution in [0.15, 0.2) is 24.5 Å². The molecular weight excluding hydrogens is 350 g/mol. The standard InChI is InChI=1S/C18H20ClN7/c1-10-13-8-22-25-16(13)5-4-15(10)23-17-14(19)9-21-18(24-17)26-11-2-3-12(26)7-20-6-11/h4-5,8-9,11-12,20H,2-3,6-7H2,1H3,(H,22,25)(H,21,23,24). The Bertz CT molecular complexity index is 953. The van der Waals surface area contributed by atoms with Crippen molar-refractivity contribution in [2.45, 2.75) is 31.8 Å². The van der Waals surface area contributed by atoms with Crippen LogP contribution in [0.25, 0.3) is 10.9 Å². The number of rotatable bonds is 3. The third kappa shape index (κ3) is 2.50. The molecule has 2 bridgehead atoms. The van der Waals surface area contributed by atoms with E-state index >= 15 is 0 Å². The first-order valence-corrected chi connectivity index (χ1v) is 9.30. The van der Waals surface area contributed by atoms with Gasteiger partial charge in [0, 0.05) is 36.2 Å². The van der Waals surface area contributed by atoms with Crippen LogP contribution >= 0.6 is 11.6 Å². The number of hydrogen-bond donors (Lipinski definition) is 3. The van der Waals surface area contributed by atoms with Gasteiger partial charge in [-0.1, -0.05) is 11.6 Å². The molecule has 8 heteroatoms. The van der Waals surface area contributed by atoms with Crippen molar-refractivity contribution in [3.63, 3.8) is 0 Å². The number of fused-ring (bicyclic) bond motifs is 3. The van der Waals surface area contributed by atoms with Gasteiger partial charge in [0.25, 0.3) is 0 Å². The number of hydrogen-bond acceptors (Lipinski definition) is 6. The van der Waals surface area contributed by atoms with Crippen molar-refractivity contribution in [3.05, 3.63) is 35.1 Å². The lowest BCUT2D eigenvalue weighted by Crippen LogP contribution is -2.52. The summed E-state index contributed by atoms with van der Waals surface area (Å²) in [7, 11) is 0. The van der Waals surface area contributed by atoms with E-state index < -0.39 is 0 Å². The maximum Gasteiger partial charge on any atom is 0.227 e. The summed E-state index contributed by atoms with van der Waals surface area (Å²) in [6.07, 6.45) is 5.89. The van der Waals surface area contributed by atoms with Crippen LogP contribution in [0.5, 0.6) is 0 Å². The van der Waals surface area contributed by atoms with Crippen LogP contribution in [0.4, 0.5) is 17.5 Å². The Labute approximate surface area is 156 Å². The fourth-order valence-electron chi connectivity index (χ4n) is 4.10. The monoisotopic (exact) mass is 369 g/mol. The first kappa shape index (κ1) is 15.8. The van der Waals surface area contributed by atoms with Gasteiger partial charge in [-0.15, -0.1) is 0 Å². The normalized spacial score (nSPS) is 22.2. The first-order chi connectivity index (χ1) is 12.7. The van der Waals surface area contributed by atoms with E-state index in [-0.39, 0.29) is 0 Å². The van der Waals surface area contributed by atoms with Gasteiger partial charge < -0.3 is 15.5 Å². The molecular formula is C18H20ClN7. The number of piperazine rings is 1. The van der Waals surface area contributed by atoms with Crippen LogP contribution in [0.3, 0.4) is 0 Å². The molecule has 1 aromatic carbocycles. The molecule has 2 aliphatic rings. The largest absolute Gasteiger partial charge is 0.339 e. The lowest BCUT2D eigenvalue weighted by atomic mass is 10.1. The highest BCUT2D eigenvalue weighted by Gasteiger charge is 2.38. The molecule has 0 spiro atoms. The Kier molecular flexibility index (Phi) is 3.72. The predicted octanol–water partition coefficient (Wildman–Crippen LogP) is 3.00. The van der Waals surface area contributed by atoms with Crippen LogP contribution in [0.1, 0.15) is 18.4 Å². The molecule has 0 saturated carbocycles. The van der Waals surface area contributed by atoms with Crippen LogP contribution in [0.2, 0.25) is 5.02 Å². The number of H-pyrrole nitrogens is 1. The number of nitrogens with zero attached hydrogens (tertiary/aromatic N) is 4. The van der Waals surface area contributed by atoms with Crippen LogP contribution in [0, 0.1) is 6.92 Å². The van der Waals surface area contributed by atoms with E-state index in [4.69, 9.17) is 16.6 Å². The van der Waals surface area contributed by atoms with Gasteiger partial charge in [0.1, 0.15) is 5.02 Å². The molecule has 5 rings (SSSR count). The minimum Gasteiger partial charge on any atom is -0.339 e. The van der Waals surface area contributed by atoms with Crippen molar-refractivity contribution in [2.75, 3.05) is 23.3 Å². The van der Waals surface area contributed by atoms with Gasteiger partial charge >= 0.3 is 0 Å². The Hall–Kier alpha value is -2.38. The summed E-state index contributed by atoms with van der Waals surface area (Å²) in [5.74, 6) is 1.40. The number of anilines is 3. The number of aryl methyl sites for hydroxylation is 1. The summed E-state index contributed by atoms with van der Waals surface area (Å²) in [6, 6.07) is 4.95. The van der Waals surface area contributed by atoms with Crippen molar-refractivity contribution >= 4 is 40.0 Å². The van der Waals surface area contributed by atoms with Crippen molar-refractivity contribution in [3.8, 4) is 0 Å². The van der Waals surface area contributed by atoms with E-state index in [1.54, 1.807) is 6.20 Å². The van der Waals surface area contributed by atoms with Gasteiger partial charge in [-0.3, -0.25) is 5.10 Å². The summed E-state index contributed by atoms with van der Waals surface area (Å²) in [5.41, 5.74) is 3.09. The van der Waals surface area contributed by atoms with Crippen molar-refractivity contribution in [1.82, 2.24) is 25.5 Å². The van der Waals surface area contributed by atoms with E-state index in [0.29, 0.717) is 22.9 Å². The topological polar surface area (TPSA) is 81.8 Å². The van der Waals surface area contributed by atoms with E-state index in [1.807, 2.05) is 18.3 Å². The molecule has 0 amide bonds. The second-order valence-electron chi connectivity index (χ2n) is 7.01. The van der Waals surface area contributed by atoms with E-state index in [0.717, 1.165) is 41.2 Å². The molecule has 0 aliphatic carbocycles. The van der Waals surface area contributed by atoms with Crippen molar-refractivity contribution in [2.24, 2.45) is 0 Å². The first-order valence-electron chi connectivity index (χ1n) is 8.92. The summed E-state index contributed by atoms with van der Waals surface area (Å²) in [5, 5.41) is 15.6. The Balaban J connectivity index is 1.50. The molecule has 2 fully saturated rings. The summed E-state index contributed by atoms with van der Waals surface area (Å²) < 4.78 is 0. The zero-order chi connectivity index (χ0) is 17.7. The molecule has 7 nitrogen and oxygen atoms in total. The fraction of sp³-hybridized carbons (Fsp3) is 0.389. The van der Waals surface area contributed by atoms with Gasteiger partial charge in [-0.05, 0) is 37.5 Å². The summed E-state index contributed by atoms with van der Waals surface area (Å²) in [6.45, 7) is 4.04. The molecule has 0 radical (unpaired) electrons.